The molecule has 1 aliphatic rings. The molecular weight excluding hydrogens is 234 g/mol. The van der Waals surface area contributed by atoms with Gasteiger partial charge in [0, 0.05) is 13.1 Å². The third-order valence-corrected chi connectivity index (χ3v) is 2.96. The fourth-order valence-electron chi connectivity index (χ4n) is 1.90. The molecule has 104 valence electrons. The fraction of sp³-hybridized carbons (Fsp3) is 0.846. The van der Waals surface area contributed by atoms with Gasteiger partial charge in [0.05, 0.1) is 19.1 Å². The minimum atomic E-state index is -0.266. The summed E-state index contributed by atoms with van der Waals surface area (Å²) in [4.78, 5) is 24.9. The molecule has 1 saturated heterocycles. The first-order valence-electron chi connectivity index (χ1n) is 6.77. The van der Waals surface area contributed by atoms with Gasteiger partial charge in [0.15, 0.2) is 0 Å². The lowest BCUT2D eigenvalue weighted by Crippen LogP contribution is -2.41. The Morgan fingerprint density at radius 2 is 1.61 bits per heavy atom. The SMILES string of the molecule is CCCOC(=O)C1CCN(C(=O)OCCC)CC1. The maximum atomic E-state index is 11.6. The van der Waals surface area contributed by atoms with Crippen molar-refractivity contribution in [1.29, 1.82) is 0 Å². The molecule has 0 aromatic carbocycles. The monoisotopic (exact) mass is 257 g/mol. The zero-order valence-corrected chi connectivity index (χ0v) is 11.3. The predicted molar refractivity (Wildman–Crippen MR) is 67.2 cm³/mol. The average molecular weight is 257 g/mol. The third kappa shape index (κ3) is 4.55. The lowest BCUT2D eigenvalue weighted by atomic mass is 9.97. The predicted octanol–water partition coefficient (Wildman–Crippen LogP) is 2.20. The van der Waals surface area contributed by atoms with Gasteiger partial charge in [-0.2, -0.15) is 0 Å². The van der Waals surface area contributed by atoms with Gasteiger partial charge in [0.1, 0.15) is 0 Å². The highest BCUT2D eigenvalue weighted by Gasteiger charge is 2.28. The Morgan fingerprint density at radius 1 is 1.06 bits per heavy atom. The van der Waals surface area contributed by atoms with Crippen molar-refractivity contribution in [2.45, 2.75) is 39.5 Å². The average Bonchev–Trinajstić information content (AvgIpc) is 2.42. The molecule has 1 fully saturated rings. The van der Waals surface area contributed by atoms with Crippen molar-refractivity contribution in [3.8, 4) is 0 Å². The van der Waals surface area contributed by atoms with Crippen molar-refractivity contribution < 1.29 is 19.1 Å². The van der Waals surface area contributed by atoms with Crippen LogP contribution in [0.25, 0.3) is 0 Å². The van der Waals surface area contributed by atoms with Crippen molar-refractivity contribution in [3.63, 3.8) is 0 Å². The van der Waals surface area contributed by atoms with Crippen LogP contribution in [0.2, 0.25) is 0 Å². The molecule has 1 aliphatic heterocycles. The molecule has 0 aromatic heterocycles. The van der Waals surface area contributed by atoms with E-state index in [2.05, 4.69) is 0 Å². The lowest BCUT2D eigenvalue weighted by molar-refractivity contribution is -0.150. The van der Waals surface area contributed by atoms with Gasteiger partial charge in [-0.15, -0.1) is 0 Å². The van der Waals surface area contributed by atoms with E-state index in [4.69, 9.17) is 9.47 Å². The standard InChI is InChI=1S/C13H23NO4/c1-3-9-17-12(15)11-5-7-14(8-6-11)13(16)18-10-4-2/h11H,3-10H2,1-2H3. The minimum absolute atomic E-state index is 0.0632. The van der Waals surface area contributed by atoms with Gasteiger partial charge < -0.3 is 14.4 Å². The number of piperidine rings is 1. The second-order valence-corrected chi connectivity index (χ2v) is 4.54. The highest BCUT2D eigenvalue weighted by atomic mass is 16.6. The van der Waals surface area contributed by atoms with E-state index in [0.717, 1.165) is 12.8 Å². The quantitative estimate of drug-likeness (QED) is 0.708. The van der Waals surface area contributed by atoms with Crippen LogP contribution in [0.5, 0.6) is 0 Å². The normalized spacial score (nSPS) is 16.4. The molecule has 0 aliphatic carbocycles. The Kier molecular flexibility index (Phi) is 6.54. The van der Waals surface area contributed by atoms with E-state index in [9.17, 15) is 9.59 Å². The summed E-state index contributed by atoms with van der Waals surface area (Å²) < 4.78 is 10.2. The van der Waals surface area contributed by atoms with Crippen molar-refractivity contribution in [2.75, 3.05) is 26.3 Å². The highest BCUT2D eigenvalue weighted by molar-refractivity contribution is 5.73. The number of hydrogen-bond donors (Lipinski definition) is 0. The van der Waals surface area contributed by atoms with Crippen molar-refractivity contribution in [2.24, 2.45) is 5.92 Å². The number of amides is 1. The number of carbonyl (C=O) groups is 2. The summed E-state index contributed by atoms with van der Waals surface area (Å²) in [6.45, 7) is 6.03. The number of esters is 1. The molecule has 0 atom stereocenters. The molecule has 1 amide bonds. The second-order valence-electron chi connectivity index (χ2n) is 4.54. The Hall–Kier alpha value is -1.26. The first-order valence-corrected chi connectivity index (χ1v) is 6.77. The third-order valence-electron chi connectivity index (χ3n) is 2.96. The summed E-state index contributed by atoms with van der Waals surface area (Å²) in [5.74, 6) is -0.190. The van der Waals surface area contributed by atoms with Crippen molar-refractivity contribution in [3.05, 3.63) is 0 Å². The van der Waals surface area contributed by atoms with E-state index in [0.29, 0.717) is 39.1 Å². The zero-order valence-electron chi connectivity index (χ0n) is 11.3. The summed E-state index contributed by atoms with van der Waals surface area (Å²) in [5.41, 5.74) is 0. The number of rotatable bonds is 5. The Labute approximate surface area is 108 Å². The van der Waals surface area contributed by atoms with Crippen LogP contribution in [0.3, 0.4) is 0 Å². The zero-order chi connectivity index (χ0) is 13.4. The van der Waals surface area contributed by atoms with E-state index in [1.807, 2.05) is 13.8 Å². The molecule has 0 N–H and O–H groups in total. The van der Waals surface area contributed by atoms with Crippen LogP contribution in [0.15, 0.2) is 0 Å². The van der Waals surface area contributed by atoms with Gasteiger partial charge >= 0.3 is 12.1 Å². The number of carbonyl (C=O) groups excluding carboxylic acids is 2. The van der Waals surface area contributed by atoms with Gasteiger partial charge in [0.25, 0.3) is 0 Å². The number of nitrogens with zero attached hydrogens (tertiary/aromatic N) is 1. The van der Waals surface area contributed by atoms with Gasteiger partial charge in [-0.05, 0) is 25.7 Å². The van der Waals surface area contributed by atoms with E-state index in [1.165, 1.54) is 0 Å². The molecule has 18 heavy (non-hydrogen) atoms. The Morgan fingerprint density at radius 3 is 2.17 bits per heavy atom. The summed E-state index contributed by atoms with van der Waals surface area (Å²) in [6, 6.07) is 0. The molecule has 0 unspecified atom stereocenters. The maximum absolute atomic E-state index is 11.6. The number of ether oxygens (including phenoxy) is 2. The molecule has 0 spiro atoms. The van der Waals surface area contributed by atoms with E-state index >= 15 is 0 Å². The number of likely N-dealkylation sites (tertiary alicyclic amines) is 1. The molecule has 5 heteroatoms. The van der Waals surface area contributed by atoms with Gasteiger partial charge in [-0.1, -0.05) is 13.8 Å². The molecule has 1 heterocycles. The molecule has 1 rings (SSSR count). The van der Waals surface area contributed by atoms with Gasteiger partial charge in [0.2, 0.25) is 0 Å². The van der Waals surface area contributed by atoms with Gasteiger partial charge in [-0.25, -0.2) is 4.79 Å². The molecule has 0 saturated carbocycles. The summed E-state index contributed by atoms with van der Waals surface area (Å²) in [6.07, 6.45) is 2.74. The first kappa shape index (κ1) is 14.8. The molecule has 0 bridgehead atoms. The summed E-state index contributed by atoms with van der Waals surface area (Å²) in [5, 5.41) is 0. The topological polar surface area (TPSA) is 55.8 Å². The van der Waals surface area contributed by atoms with E-state index < -0.39 is 0 Å². The minimum Gasteiger partial charge on any atom is -0.465 e. The first-order chi connectivity index (χ1) is 8.69. The van der Waals surface area contributed by atoms with Crippen molar-refractivity contribution >= 4 is 12.1 Å². The summed E-state index contributed by atoms with van der Waals surface area (Å²) >= 11 is 0. The lowest BCUT2D eigenvalue weighted by Gasteiger charge is -2.30. The van der Waals surface area contributed by atoms with Crippen LogP contribution < -0.4 is 0 Å². The van der Waals surface area contributed by atoms with Crippen LogP contribution in [-0.4, -0.2) is 43.3 Å². The van der Waals surface area contributed by atoms with Crippen LogP contribution in [0, 0.1) is 5.92 Å². The fourth-order valence-corrected chi connectivity index (χ4v) is 1.90. The smallest absolute Gasteiger partial charge is 0.409 e. The van der Waals surface area contributed by atoms with Crippen LogP contribution >= 0.6 is 0 Å². The Bertz CT molecular complexity index is 244. The second kappa shape index (κ2) is 7.95. The number of hydrogen-bond acceptors (Lipinski definition) is 4. The van der Waals surface area contributed by atoms with Gasteiger partial charge in [-0.3, -0.25) is 4.79 Å². The van der Waals surface area contributed by atoms with Crippen molar-refractivity contribution in [1.82, 2.24) is 4.90 Å². The molecule has 0 aromatic rings. The Balaban J connectivity index is 2.27. The molecule has 5 nitrogen and oxygen atoms in total. The van der Waals surface area contributed by atoms with Crippen LogP contribution in [0.4, 0.5) is 4.79 Å². The van der Waals surface area contributed by atoms with E-state index in [-0.39, 0.29) is 18.0 Å². The summed E-state index contributed by atoms with van der Waals surface area (Å²) in [7, 11) is 0. The maximum Gasteiger partial charge on any atom is 0.409 e. The largest absolute Gasteiger partial charge is 0.465 e. The van der Waals surface area contributed by atoms with Crippen LogP contribution in [0.1, 0.15) is 39.5 Å². The van der Waals surface area contributed by atoms with Crippen LogP contribution in [-0.2, 0) is 14.3 Å². The highest BCUT2D eigenvalue weighted by Crippen LogP contribution is 2.19. The molecule has 0 radical (unpaired) electrons. The van der Waals surface area contributed by atoms with E-state index in [1.54, 1.807) is 4.90 Å². The molecular formula is C13H23NO4.